The van der Waals surface area contributed by atoms with E-state index in [1.807, 2.05) is 0 Å². The van der Waals surface area contributed by atoms with Gasteiger partial charge in [0, 0.05) is 0 Å². The monoisotopic (exact) mass is 274 g/mol. The lowest BCUT2D eigenvalue weighted by Gasteiger charge is -2.39. The van der Waals surface area contributed by atoms with Gasteiger partial charge in [0.15, 0.2) is 0 Å². The first kappa shape index (κ1) is 14.9. The zero-order valence-electron chi connectivity index (χ0n) is 10.0. The maximum atomic E-state index is 11.1. The molecule has 0 heterocycles. The highest BCUT2D eigenvalue weighted by molar-refractivity contribution is 5.86. The van der Waals surface area contributed by atoms with Gasteiger partial charge in [-0.15, -0.1) is 0 Å². The second-order valence-electron chi connectivity index (χ2n) is 4.71. The van der Waals surface area contributed by atoms with Gasteiger partial charge in [-0.3, -0.25) is 19.2 Å². The molecule has 1 saturated carbocycles. The Morgan fingerprint density at radius 1 is 0.737 bits per heavy atom. The van der Waals surface area contributed by atoms with Crippen molar-refractivity contribution in [2.75, 3.05) is 0 Å². The minimum atomic E-state index is -1.42. The van der Waals surface area contributed by atoms with Crippen LogP contribution in [0.2, 0.25) is 0 Å². The number of rotatable bonds is 4. The number of carbonyl (C=O) groups is 4. The number of carboxylic acids is 4. The predicted octanol–water partition coefficient (Wildman–Crippen LogP) is -0.171. The summed E-state index contributed by atoms with van der Waals surface area (Å²) >= 11 is 0. The molecule has 0 saturated heterocycles. The molecule has 106 valence electrons. The van der Waals surface area contributed by atoms with Gasteiger partial charge in [0.2, 0.25) is 0 Å². The van der Waals surface area contributed by atoms with Crippen molar-refractivity contribution < 1.29 is 39.6 Å². The highest BCUT2D eigenvalue weighted by Gasteiger charge is 2.53. The van der Waals surface area contributed by atoms with Gasteiger partial charge < -0.3 is 20.4 Å². The van der Waals surface area contributed by atoms with E-state index in [0.29, 0.717) is 0 Å². The summed E-state index contributed by atoms with van der Waals surface area (Å²) in [6, 6.07) is 0. The van der Waals surface area contributed by atoms with Crippen LogP contribution >= 0.6 is 0 Å². The summed E-state index contributed by atoms with van der Waals surface area (Å²) in [7, 11) is 0. The van der Waals surface area contributed by atoms with Gasteiger partial charge in [0.1, 0.15) is 0 Å². The van der Waals surface area contributed by atoms with Gasteiger partial charge in [-0.25, -0.2) is 0 Å². The fourth-order valence-electron chi connectivity index (χ4n) is 2.83. The van der Waals surface area contributed by atoms with Crippen molar-refractivity contribution in [2.24, 2.45) is 29.6 Å². The first-order chi connectivity index (χ1) is 8.68. The molecule has 1 aliphatic carbocycles. The summed E-state index contributed by atoms with van der Waals surface area (Å²) in [4.78, 5) is 44.4. The SMILES string of the molecule is CC1C(C(=O)O)C(C(=O)O)CC(C(=O)O)C1C(=O)O. The average molecular weight is 274 g/mol. The van der Waals surface area contributed by atoms with Crippen molar-refractivity contribution in [3.8, 4) is 0 Å². The molecule has 0 bridgehead atoms. The Balaban J connectivity index is 3.23. The van der Waals surface area contributed by atoms with Crippen molar-refractivity contribution in [1.29, 1.82) is 0 Å². The van der Waals surface area contributed by atoms with E-state index in [-0.39, 0.29) is 0 Å². The van der Waals surface area contributed by atoms with Gasteiger partial charge in [0.25, 0.3) is 0 Å². The van der Waals surface area contributed by atoms with Crippen LogP contribution in [0.15, 0.2) is 0 Å². The third kappa shape index (κ3) is 2.67. The van der Waals surface area contributed by atoms with Gasteiger partial charge in [-0.2, -0.15) is 0 Å². The predicted molar refractivity (Wildman–Crippen MR) is 58.3 cm³/mol. The quantitative estimate of drug-likeness (QED) is 0.551. The summed E-state index contributed by atoms with van der Waals surface area (Å²) in [5.41, 5.74) is 0. The third-order valence-electron chi connectivity index (χ3n) is 3.71. The first-order valence-electron chi connectivity index (χ1n) is 5.59. The fourth-order valence-corrected chi connectivity index (χ4v) is 2.83. The molecular weight excluding hydrogens is 260 g/mol. The van der Waals surface area contributed by atoms with Crippen LogP contribution in [0.3, 0.4) is 0 Å². The Kier molecular flexibility index (Phi) is 4.13. The summed E-state index contributed by atoms with van der Waals surface area (Å²) in [6.45, 7) is 1.27. The molecule has 0 aromatic carbocycles. The normalized spacial score (nSPS) is 34.5. The van der Waals surface area contributed by atoms with Crippen molar-refractivity contribution in [3.05, 3.63) is 0 Å². The van der Waals surface area contributed by atoms with Crippen molar-refractivity contribution >= 4 is 23.9 Å². The van der Waals surface area contributed by atoms with Crippen molar-refractivity contribution in [3.63, 3.8) is 0 Å². The Morgan fingerprint density at radius 3 is 1.26 bits per heavy atom. The summed E-state index contributed by atoms with van der Waals surface area (Å²) < 4.78 is 0. The zero-order chi connectivity index (χ0) is 14.9. The van der Waals surface area contributed by atoms with Gasteiger partial charge >= 0.3 is 23.9 Å². The molecule has 1 rings (SSSR count). The van der Waals surface area contributed by atoms with E-state index in [2.05, 4.69) is 0 Å². The maximum absolute atomic E-state index is 11.1. The Labute approximate surface area is 107 Å². The second kappa shape index (κ2) is 5.25. The highest BCUT2D eigenvalue weighted by Crippen LogP contribution is 2.43. The second-order valence-corrected chi connectivity index (χ2v) is 4.71. The highest BCUT2D eigenvalue weighted by atomic mass is 16.4. The summed E-state index contributed by atoms with van der Waals surface area (Å²) in [6.07, 6.45) is -0.497. The molecule has 0 spiro atoms. The van der Waals surface area contributed by atoms with Crippen LogP contribution in [0.5, 0.6) is 0 Å². The number of hydrogen-bond donors (Lipinski definition) is 4. The lowest BCUT2D eigenvalue weighted by Crippen LogP contribution is -2.50. The zero-order valence-corrected chi connectivity index (χ0v) is 10.0. The molecule has 0 aromatic heterocycles. The molecule has 0 amide bonds. The molecule has 4 N–H and O–H groups in total. The Morgan fingerprint density at radius 2 is 1.05 bits per heavy atom. The molecule has 0 radical (unpaired) electrons. The van der Waals surface area contributed by atoms with Gasteiger partial charge in [0.05, 0.1) is 23.7 Å². The van der Waals surface area contributed by atoms with Crippen molar-refractivity contribution in [2.45, 2.75) is 13.3 Å². The van der Waals surface area contributed by atoms with E-state index in [4.69, 9.17) is 20.4 Å². The molecule has 1 aliphatic rings. The fraction of sp³-hybridized carbons (Fsp3) is 0.636. The van der Waals surface area contributed by atoms with Crippen LogP contribution < -0.4 is 0 Å². The lowest BCUT2D eigenvalue weighted by atomic mass is 9.62. The van der Waals surface area contributed by atoms with Gasteiger partial charge in [-0.1, -0.05) is 6.92 Å². The van der Waals surface area contributed by atoms with E-state index in [0.717, 1.165) is 0 Å². The lowest BCUT2D eigenvalue weighted by molar-refractivity contribution is -0.173. The van der Waals surface area contributed by atoms with Crippen LogP contribution in [-0.4, -0.2) is 44.3 Å². The number of carboxylic acid groups (broad SMARTS) is 4. The topological polar surface area (TPSA) is 149 Å². The van der Waals surface area contributed by atoms with Gasteiger partial charge in [-0.05, 0) is 12.3 Å². The van der Waals surface area contributed by atoms with E-state index in [1.165, 1.54) is 6.92 Å². The van der Waals surface area contributed by atoms with E-state index < -0.39 is 59.9 Å². The Bertz CT molecular complexity index is 390. The van der Waals surface area contributed by atoms with Crippen LogP contribution in [0.25, 0.3) is 0 Å². The Hall–Kier alpha value is -2.12. The van der Waals surface area contributed by atoms with Crippen LogP contribution in [0.4, 0.5) is 0 Å². The molecule has 8 heteroatoms. The van der Waals surface area contributed by atoms with Crippen LogP contribution in [0, 0.1) is 29.6 Å². The standard InChI is InChI=1S/C11H14O8/c1-3-6(10(16)17)4(8(12)13)2-5(9(14)15)7(3)11(18)19/h3-7H,2H2,1H3,(H,12,13)(H,14,15)(H,16,17)(H,18,19). The smallest absolute Gasteiger partial charge is 0.307 e. The van der Waals surface area contributed by atoms with E-state index >= 15 is 0 Å². The first-order valence-corrected chi connectivity index (χ1v) is 5.59. The molecule has 0 aliphatic heterocycles. The van der Waals surface area contributed by atoms with Crippen LogP contribution in [-0.2, 0) is 19.2 Å². The number of aliphatic carboxylic acids is 4. The van der Waals surface area contributed by atoms with E-state index in [1.54, 1.807) is 0 Å². The minimum absolute atomic E-state index is 0.497. The molecule has 19 heavy (non-hydrogen) atoms. The van der Waals surface area contributed by atoms with E-state index in [9.17, 15) is 19.2 Å². The molecule has 4 unspecified atom stereocenters. The van der Waals surface area contributed by atoms with Crippen LogP contribution in [0.1, 0.15) is 13.3 Å². The largest absolute Gasteiger partial charge is 0.481 e. The molecule has 0 aromatic rings. The molecule has 1 fully saturated rings. The molecule has 4 atom stereocenters. The maximum Gasteiger partial charge on any atom is 0.307 e. The average Bonchev–Trinajstić information content (AvgIpc) is 2.25. The summed E-state index contributed by atoms with van der Waals surface area (Å²) in [5, 5.41) is 36.1. The molecule has 8 nitrogen and oxygen atoms in total. The minimum Gasteiger partial charge on any atom is -0.481 e. The molecular formula is C11H14O8. The third-order valence-corrected chi connectivity index (χ3v) is 3.71. The van der Waals surface area contributed by atoms with Crippen molar-refractivity contribution in [1.82, 2.24) is 0 Å². The summed E-state index contributed by atoms with van der Waals surface area (Å²) in [5.74, 6) is -12.4. The number of hydrogen-bond acceptors (Lipinski definition) is 4.